The van der Waals surface area contributed by atoms with Gasteiger partial charge in [-0.1, -0.05) is 18.1 Å². The van der Waals surface area contributed by atoms with E-state index in [-0.39, 0.29) is 5.41 Å². The van der Waals surface area contributed by atoms with Crippen LogP contribution in [0, 0.1) is 19.3 Å². The summed E-state index contributed by atoms with van der Waals surface area (Å²) in [6, 6.07) is 5.94. The summed E-state index contributed by atoms with van der Waals surface area (Å²) in [5.74, 6) is 2.88. The van der Waals surface area contributed by atoms with Crippen molar-refractivity contribution in [1.29, 1.82) is 0 Å². The van der Waals surface area contributed by atoms with E-state index in [0.29, 0.717) is 0 Å². The molecule has 3 nitrogen and oxygen atoms in total. The molecule has 0 radical (unpaired) electrons. The maximum Gasteiger partial charge on any atom is 0.412 e. The van der Waals surface area contributed by atoms with Crippen molar-refractivity contribution in [3.8, 4) is 12.3 Å². The molecule has 0 aromatic heterocycles. The number of ether oxygens (including phenoxy) is 1. The lowest BCUT2D eigenvalue weighted by Crippen LogP contribution is -2.27. The van der Waals surface area contributed by atoms with E-state index in [4.69, 9.17) is 11.2 Å². The summed E-state index contributed by atoms with van der Waals surface area (Å²) in [6.45, 7) is 7.48. The summed E-state index contributed by atoms with van der Waals surface area (Å²) >= 11 is 0. The number of aryl methyl sites for hydroxylation is 1. The van der Waals surface area contributed by atoms with Crippen molar-refractivity contribution >= 4 is 11.8 Å². The first kappa shape index (κ1) is 14.5. The smallest absolute Gasteiger partial charge is 0.412 e. The van der Waals surface area contributed by atoms with Crippen LogP contribution in [0.1, 0.15) is 44.7 Å². The quantitative estimate of drug-likeness (QED) is 0.825. The summed E-state index contributed by atoms with van der Waals surface area (Å²) in [6.07, 6.45) is 7.25. The van der Waals surface area contributed by atoms with Crippen LogP contribution in [0.5, 0.6) is 0 Å². The molecule has 0 bridgehead atoms. The van der Waals surface area contributed by atoms with Crippen molar-refractivity contribution in [2.45, 2.75) is 51.6 Å². The number of amides is 1. The highest BCUT2D eigenvalue weighted by molar-refractivity contribution is 5.86. The van der Waals surface area contributed by atoms with E-state index in [2.05, 4.69) is 17.3 Å². The van der Waals surface area contributed by atoms with E-state index in [9.17, 15) is 4.79 Å². The molecule has 1 saturated carbocycles. The van der Waals surface area contributed by atoms with E-state index in [1.165, 1.54) is 0 Å². The predicted octanol–water partition coefficient (Wildman–Crippen LogP) is 4.01. The first-order valence-electron chi connectivity index (χ1n) is 6.85. The van der Waals surface area contributed by atoms with E-state index in [0.717, 1.165) is 29.7 Å². The Labute approximate surface area is 120 Å². The molecular weight excluding hydrogens is 250 g/mol. The first-order chi connectivity index (χ1) is 9.26. The molecular formula is C17H21NO2. The number of hydrogen-bond acceptors (Lipinski definition) is 2. The second-order valence-electron chi connectivity index (χ2n) is 6.38. The third kappa shape index (κ3) is 3.14. The SMILES string of the molecule is C#CC1(c2ccc(NC(=O)OC(C)(C)C)c(C)c2)CC1. The number of carbonyl (C=O) groups is 1. The zero-order chi connectivity index (χ0) is 15.0. The number of carbonyl (C=O) groups excluding carboxylic acids is 1. The monoisotopic (exact) mass is 271 g/mol. The minimum absolute atomic E-state index is 0.0742. The lowest BCUT2D eigenvalue weighted by Gasteiger charge is -2.20. The molecule has 0 atom stereocenters. The van der Waals surface area contributed by atoms with Crippen molar-refractivity contribution in [3.63, 3.8) is 0 Å². The molecule has 2 rings (SSSR count). The van der Waals surface area contributed by atoms with E-state index >= 15 is 0 Å². The van der Waals surface area contributed by atoms with Crippen LogP contribution in [-0.4, -0.2) is 11.7 Å². The van der Waals surface area contributed by atoms with Gasteiger partial charge in [-0.15, -0.1) is 6.42 Å². The van der Waals surface area contributed by atoms with Gasteiger partial charge in [0.2, 0.25) is 0 Å². The van der Waals surface area contributed by atoms with Crippen molar-refractivity contribution < 1.29 is 9.53 Å². The van der Waals surface area contributed by atoms with Gasteiger partial charge in [-0.05, 0) is 57.7 Å². The normalized spacial score (nSPS) is 16.1. The lowest BCUT2D eigenvalue weighted by molar-refractivity contribution is 0.0636. The fraction of sp³-hybridized carbons (Fsp3) is 0.471. The molecule has 0 spiro atoms. The highest BCUT2D eigenvalue weighted by atomic mass is 16.6. The van der Waals surface area contributed by atoms with Crippen molar-refractivity contribution in [2.24, 2.45) is 0 Å². The first-order valence-corrected chi connectivity index (χ1v) is 6.85. The summed E-state index contributed by atoms with van der Waals surface area (Å²) in [5, 5.41) is 2.77. The summed E-state index contributed by atoms with van der Waals surface area (Å²) in [4.78, 5) is 11.8. The van der Waals surface area contributed by atoms with Crippen LogP contribution in [0.2, 0.25) is 0 Å². The number of terminal acetylenes is 1. The Morgan fingerprint density at radius 3 is 2.50 bits per heavy atom. The van der Waals surface area contributed by atoms with E-state index in [1.807, 2.05) is 39.8 Å². The van der Waals surface area contributed by atoms with Gasteiger partial charge in [0, 0.05) is 5.69 Å². The summed E-state index contributed by atoms with van der Waals surface area (Å²) < 4.78 is 5.25. The second kappa shape index (κ2) is 4.86. The number of hydrogen-bond donors (Lipinski definition) is 1. The molecule has 1 N–H and O–H groups in total. The average molecular weight is 271 g/mol. The van der Waals surface area contributed by atoms with Gasteiger partial charge >= 0.3 is 6.09 Å². The topological polar surface area (TPSA) is 38.3 Å². The molecule has 1 amide bonds. The molecule has 106 valence electrons. The Morgan fingerprint density at radius 1 is 1.40 bits per heavy atom. The Kier molecular flexibility index (Phi) is 3.52. The molecule has 1 aromatic rings. The number of rotatable bonds is 2. The Hall–Kier alpha value is -1.95. The van der Waals surface area contributed by atoms with Crippen LogP contribution in [0.4, 0.5) is 10.5 Å². The largest absolute Gasteiger partial charge is 0.444 e. The summed E-state index contributed by atoms with van der Waals surface area (Å²) in [5.41, 5.74) is 2.34. The van der Waals surface area contributed by atoms with Gasteiger partial charge in [0.15, 0.2) is 0 Å². The minimum Gasteiger partial charge on any atom is -0.444 e. The molecule has 0 aliphatic heterocycles. The van der Waals surface area contributed by atoms with E-state index in [1.54, 1.807) is 0 Å². The molecule has 1 aromatic carbocycles. The number of anilines is 1. The molecule has 20 heavy (non-hydrogen) atoms. The maximum atomic E-state index is 11.8. The Bertz CT molecular complexity index is 572. The zero-order valence-electron chi connectivity index (χ0n) is 12.5. The van der Waals surface area contributed by atoms with Crippen molar-refractivity contribution in [3.05, 3.63) is 29.3 Å². The van der Waals surface area contributed by atoms with Crippen molar-refractivity contribution in [1.82, 2.24) is 0 Å². The van der Waals surface area contributed by atoms with Crippen LogP contribution < -0.4 is 5.32 Å². The molecule has 0 saturated heterocycles. The van der Waals surface area contributed by atoms with Gasteiger partial charge in [-0.2, -0.15) is 0 Å². The number of benzene rings is 1. The van der Waals surface area contributed by atoms with Crippen LogP contribution >= 0.6 is 0 Å². The third-order valence-electron chi connectivity index (χ3n) is 3.44. The molecule has 0 unspecified atom stereocenters. The predicted molar refractivity (Wildman–Crippen MR) is 80.8 cm³/mol. The van der Waals surface area contributed by atoms with Crippen LogP contribution in [0.15, 0.2) is 18.2 Å². The number of nitrogens with one attached hydrogen (secondary N) is 1. The average Bonchev–Trinajstić information content (AvgIpc) is 3.10. The van der Waals surface area contributed by atoms with E-state index < -0.39 is 11.7 Å². The van der Waals surface area contributed by atoms with Gasteiger partial charge in [-0.25, -0.2) is 4.79 Å². The van der Waals surface area contributed by atoms with Crippen LogP contribution in [0.25, 0.3) is 0 Å². The van der Waals surface area contributed by atoms with Gasteiger partial charge in [-0.3, -0.25) is 5.32 Å². The Balaban J connectivity index is 2.11. The van der Waals surface area contributed by atoms with Crippen LogP contribution in [0.3, 0.4) is 0 Å². The molecule has 0 heterocycles. The van der Waals surface area contributed by atoms with Gasteiger partial charge in [0.05, 0.1) is 5.41 Å². The molecule has 3 heteroatoms. The second-order valence-corrected chi connectivity index (χ2v) is 6.38. The lowest BCUT2D eigenvalue weighted by atomic mass is 9.95. The van der Waals surface area contributed by atoms with Crippen LogP contribution in [-0.2, 0) is 10.2 Å². The fourth-order valence-electron chi connectivity index (χ4n) is 2.16. The molecule has 1 aliphatic carbocycles. The van der Waals surface area contributed by atoms with Gasteiger partial charge in [0.25, 0.3) is 0 Å². The zero-order valence-corrected chi connectivity index (χ0v) is 12.5. The van der Waals surface area contributed by atoms with Gasteiger partial charge < -0.3 is 4.74 Å². The highest BCUT2D eigenvalue weighted by Gasteiger charge is 2.42. The summed E-state index contributed by atoms with van der Waals surface area (Å²) in [7, 11) is 0. The highest BCUT2D eigenvalue weighted by Crippen LogP contribution is 2.48. The standard InChI is InChI=1S/C17H21NO2/c1-6-17(9-10-17)13-7-8-14(12(2)11-13)18-15(19)20-16(3,4)5/h1,7-8,11H,9-10H2,2-5H3,(H,18,19). The minimum atomic E-state index is -0.501. The molecule has 1 fully saturated rings. The maximum absolute atomic E-state index is 11.8. The van der Waals surface area contributed by atoms with Gasteiger partial charge in [0.1, 0.15) is 5.60 Å². The third-order valence-corrected chi connectivity index (χ3v) is 3.44. The Morgan fingerprint density at radius 2 is 2.05 bits per heavy atom. The van der Waals surface area contributed by atoms with Crippen molar-refractivity contribution in [2.75, 3.05) is 5.32 Å². The fourth-order valence-corrected chi connectivity index (χ4v) is 2.16. The molecule has 1 aliphatic rings.